The van der Waals surface area contributed by atoms with Gasteiger partial charge in [-0.2, -0.15) is 16.2 Å². The molecule has 17 heavy (non-hydrogen) atoms. The number of thioether (sulfide) groups is 1. The number of hydrogen-bond acceptors (Lipinski definition) is 4. The van der Waals surface area contributed by atoms with Crippen molar-refractivity contribution in [3.05, 3.63) is 23.8 Å². The summed E-state index contributed by atoms with van der Waals surface area (Å²) < 4.78 is 23.4. The van der Waals surface area contributed by atoms with E-state index in [1.807, 2.05) is 18.4 Å². The van der Waals surface area contributed by atoms with Gasteiger partial charge in [-0.05, 0) is 18.4 Å². The molecule has 0 aliphatic carbocycles. The van der Waals surface area contributed by atoms with Crippen LogP contribution in [0.4, 0.5) is 5.69 Å². The van der Waals surface area contributed by atoms with Gasteiger partial charge in [-0.15, -0.1) is 0 Å². The summed E-state index contributed by atoms with van der Waals surface area (Å²) in [5.41, 5.74) is 7.15. The van der Waals surface area contributed by atoms with Crippen LogP contribution in [-0.4, -0.2) is 28.7 Å². The van der Waals surface area contributed by atoms with Crippen LogP contribution in [0.1, 0.15) is 5.56 Å². The van der Waals surface area contributed by atoms with Gasteiger partial charge in [-0.3, -0.25) is 4.72 Å². The third-order valence-electron chi connectivity index (χ3n) is 2.21. The van der Waals surface area contributed by atoms with E-state index in [4.69, 9.17) is 10.5 Å². The average Bonchev–Trinajstić information content (AvgIpc) is 2.28. The lowest BCUT2D eigenvalue weighted by Gasteiger charge is -2.18. The molecule has 0 fully saturated rings. The Morgan fingerprint density at radius 3 is 3.18 bits per heavy atom. The highest BCUT2D eigenvalue weighted by Gasteiger charge is 2.19. The van der Waals surface area contributed by atoms with Crippen molar-refractivity contribution in [2.24, 2.45) is 10.1 Å². The predicted octanol–water partition coefficient (Wildman–Crippen LogP) is 1.14. The molecule has 0 saturated carbocycles. The van der Waals surface area contributed by atoms with E-state index in [0.29, 0.717) is 23.6 Å². The van der Waals surface area contributed by atoms with Gasteiger partial charge in [0.15, 0.2) is 0 Å². The first-order chi connectivity index (χ1) is 8.22. The second-order valence-electron chi connectivity index (χ2n) is 3.35. The molecule has 0 amide bonds. The summed E-state index contributed by atoms with van der Waals surface area (Å²) >= 11 is 0.215. The first kappa shape index (κ1) is 12.3. The molecule has 92 valence electrons. The van der Waals surface area contributed by atoms with Crippen LogP contribution in [0.15, 0.2) is 22.6 Å². The highest BCUT2D eigenvalue weighted by molar-refractivity contribution is 7.98. The predicted molar refractivity (Wildman–Crippen MR) is 72.8 cm³/mol. The van der Waals surface area contributed by atoms with Crippen LogP contribution in [0.25, 0.3) is 0 Å². The Morgan fingerprint density at radius 1 is 1.59 bits per heavy atom. The van der Waals surface area contributed by atoms with Gasteiger partial charge in [0.1, 0.15) is 11.6 Å². The van der Waals surface area contributed by atoms with Crippen LogP contribution >= 0.6 is 11.8 Å². The lowest BCUT2D eigenvalue weighted by molar-refractivity contribution is 0.343. The van der Waals surface area contributed by atoms with E-state index in [1.165, 1.54) is 0 Å². The molecule has 2 rings (SSSR count). The first-order valence-corrected chi connectivity index (χ1v) is 7.50. The Labute approximate surface area is 107 Å². The third-order valence-corrected chi connectivity index (χ3v) is 3.54. The summed E-state index contributed by atoms with van der Waals surface area (Å²) in [6.07, 6.45) is 2.02. The van der Waals surface area contributed by atoms with Gasteiger partial charge in [0.25, 0.3) is 0 Å². The zero-order chi connectivity index (χ0) is 12.3. The number of nitrogens with two attached hydrogens (primary N) is 1. The fraction of sp³-hybridized carbons (Fsp3) is 0.300. The quantitative estimate of drug-likeness (QED) is 0.805. The maximum Gasteiger partial charge on any atom is 0.245 e. The minimum absolute atomic E-state index is 0.247. The molecule has 0 radical (unpaired) electrons. The molecule has 1 aromatic rings. The smallest absolute Gasteiger partial charge is 0.245 e. The van der Waals surface area contributed by atoms with Crippen molar-refractivity contribution < 1.29 is 8.95 Å². The standard InChI is InChI=1S/C10H13N3O2S2/c1-16-6-5-15-8-4-2-3-7-9(8)10(11)13-17(14)12-7/h2-4,12H,5-6H2,1H3,(H2,11,13). The van der Waals surface area contributed by atoms with Crippen molar-refractivity contribution in [1.29, 1.82) is 0 Å². The lowest BCUT2D eigenvalue weighted by atomic mass is 10.1. The number of amidine groups is 1. The minimum atomic E-state index is -1.49. The molecule has 5 nitrogen and oxygen atoms in total. The number of fused-ring (bicyclic) bond motifs is 1. The van der Waals surface area contributed by atoms with Crippen LogP contribution in [0.2, 0.25) is 0 Å². The van der Waals surface area contributed by atoms with Crippen molar-refractivity contribution in [3.63, 3.8) is 0 Å². The van der Waals surface area contributed by atoms with Crippen molar-refractivity contribution in [2.75, 3.05) is 23.3 Å². The molecule has 3 N–H and O–H groups in total. The van der Waals surface area contributed by atoms with Crippen molar-refractivity contribution >= 4 is 34.5 Å². The summed E-state index contributed by atoms with van der Waals surface area (Å²) in [5, 5.41) is 0. The average molecular weight is 271 g/mol. The Balaban J connectivity index is 2.28. The molecule has 0 saturated heterocycles. The van der Waals surface area contributed by atoms with Gasteiger partial charge in [0, 0.05) is 5.75 Å². The Bertz CT molecular complexity index is 477. The number of ether oxygens (including phenoxy) is 1. The van der Waals surface area contributed by atoms with Crippen LogP contribution in [-0.2, 0) is 11.2 Å². The van der Waals surface area contributed by atoms with E-state index < -0.39 is 11.2 Å². The number of nitrogens with one attached hydrogen (secondary N) is 1. The molecule has 1 unspecified atom stereocenters. The number of nitrogens with zero attached hydrogens (tertiary/aromatic N) is 1. The number of anilines is 1. The molecule has 1 aliphatic heterocycles. The second kappa shape index (κ2) is 5.42. The second-order valence-corrected chi connectivity index (χ2v) is 5.22. The van der Waals surface area contributed by atoms with Gasteiger partial charge >= 0.3 is 0 Å². The molecule has 7 heteroatoms. The summed E-state index contributed by atoms with van der Waals surface area (Å²) in [4.78, 5) is 0. The molecule has 0 bridgehead atoms. The fourth-order valence-corrected chi connectivity index (χ4v) is 2.41. The summed E-state index contributed by atoms with van der Waals surface area (Å²) in [5.74, 6) is 1.82. The highest BCUT2D eigenvalue weighted by atomic mass is 32.2. The first-order valence-electron chi connectivity index (χ1n) is 5.00. The zero-order valence-electron chi connectivity index (χ0n) is 9.30. The monoisotopic (exact) mass is 271 g/mol. The third kappa shape index (κ3) is 2.73. The molecular weight excluding hydrogens is 258 g/mol. The van der Waals surface area contributed by atoms with Gasteiger partial charge < -0.3 is 10.5 Å². The Morgan fingerprint density at radius 2 is 2.41 bits per heavy atom. The van der Waals surface area contributed by atoms with Gasteiger partial charge in [0.2, 0.25) is 11.2 Å². The Kier molecular flexibility index (Phi) is 3.90. The van der Waals surface area contributed by atoms with Crippen molar-refractivity contribution in [1.82, 2.24) is 0 Å². The van der Waals surface area contributed by atoms with Crippen molar-refractivity contribution in [2.45, 2.75) is 0 Å². The van der Waals surface area contributed by atoms with Crippen LogP contribution in [0.3, 0.4) is 0 Å². The van der Waals surface area contributed by atoms with E-state index in [1.54, 1.807) is 17.8 Å². The molecule has 0 spiro atoms. The van der Waals surface area contributed by atoms with Crippen molar-refractivity contribution in [3.8, 4) is 5.75 Å². The van der Waals surface area contributed by atoms with E-state index >= 15 is 0 Å². The molecule has 0 aromatic heterocycles. The fourth-order valence-electron chi connectivity index (χ4n) is 1.49. The van der Waals surface area contributed by atoms with Crippen LogP contribution < -0.4 is 15.2 Å². The largest absolute Gasteiger partial charge is 0.492 e. The van der Waals surface area contributed by atoms with Crippen LogP contribution in [0, 0.1) is 0 Å². The normalized spacial score (nSPS) is 17.9. The molecule has 1 aromatic carbocycles. The highest BCUT2D eigenvalue weighted by Crippen LogP contribution is 2.29. The van der Waals surface area contributed by atoms with Gasteiger partial charge in [0.05, 0.1) is 17.9 Å². The Hall–Kier alpha value is -1.21. The molecule has 1 aliphatic rings. The minimum Gasteiger partial charge on any atom is -0.492 e. The number of rotatable bonds is 4. The van der Waals surface area contributed by atoms with Gasteiger partial charge in [-0.25, -0.2) is 4.21 Å². The van der Waals surface area contributed by atoms with E-state index in [2.05, 4.69) is 9.12 Å². The molecule has 1 heterocycles. The molecular formula is C10H13N3O2S2. The van der Waals surface area contributed by atoms with Gasteiger partial charge in [-0.1, -0.05) is 6.07 Å². The summed E-state index contributed by atoms with van der Waals surface area (Å²) in [6.45, 7) is 0.605. The maximum atomic E-state index is 11.3. The zero-order valence-corrected chi connectivity index (χ0v) is 10.9. The SMILES string of the molecule is CSCCOc1cccc2c1C(N)=NS(=O)N2. The topological polar surface area (TPSA) is 76.7 Å². The number of hydrogen-bond donors (Lipinski definition) is 2. The van der Waals surface area contributed by atoms with E-state index in [-0.39, 0.29) is 5.84 Å². The number of benzene rings is 1. The maximum absolute atomic E-state index is 11.3. The molecule has 1 atom stereocenters. The van der Waals surface area contributed by atoms with Crippen LogP contribution in [0.5, 0.6) is 5.75 Å². The lowest BCUT2D eigenvalue weighted by Crippen LogP contribution is -2.24. The van der Waals surface area contributed by atoms with E-state index in [0.717, 1.165) is 5.75 Å². The summed E-state index contributed by atoms with van der Waals surface area (Å²) in [6, 6.07) is 5.46. The summed E-state index contributed by atoms with van der Waals surface area (Å²) in [7, 11) is 0. The van der Waals surface area contributed by atoms with E-state index in [9.17, 15) is 4.21 Å².